The second kappa shape index (κ2) is 6.39. The van der Waals surface area contributed by atoms with Crippen LogP contribution in [-0.2, 0) is 14.8 Å². The van der Waals surface area contributed by atoms with Crippen molar-refractivity contribution in [2.75, 3.05) is 26.7 Å². The Kier molecular flexibility index (Phi) is 4.93. The molecule has 7 nitrogen and oxygen atoms in total. The fraction of sp³-hybridized carbons (Fsp3) is 0.643. The number of hydrogen-bond donors (Lipinski definition) is 2. The Morgan fingerprint density at radius 2 is 2.09 bits per heavy atom. The van der Waals surface area contributed by atoms with E-state index in [4.69, 9.17) is 4.42 Å². The summed E-state index contributed by atoms with van der Waals surface area (Å²) >= 11 is 0. The molecule has 1 aromatic heterocycles. The molecule has 2 heterocycles. The summed E-state index contributed by atoms with van der Waals surface area (Å²) in [7, 11) is -2.55. The summed E-state index contributed by atoms with van der Waals surface area (Å²) in [5, 5.41) is 2.99. The Labute approximate surface area is 130 Å². The van der Waals surface area contributed by atoms with Gasteiger partial charge >= 0.3 is 5.97 Å². The number of carbonyl (C=O) groups is 1. The average Bonchev–Trinajstić information content (AvgIpc) is 2.88. The quantitative estimate of drug-likeness (QED) is 0.783. The average molecular weight is 330 g/mol. The van der Waals surface area contributed by atoms with Crippen molar-refractivity contribution in [1.82, 2.24) is 10.0 Å². The molecule has 2 rings (SSSR count). The van der Waals surface area contributed by atoms with E-state index in [1.165, 1.54) is 20.1 Å². The fourth-order valence-corrected chi connectivity index (χ4v) is 3.64. The van der Waals surface area contributed by atoms with Crippen LogP contribution in [-0.4, -0.2) is 41.1 Å². The van der Waals surface area contributed by atoms with Crippen LogP contribution in [0.15, 0.2) is 15.6 Å². The lowest BCUT2D eigenvalue weighted by atomic mass is 9.81. The Balaban J connectivity index is 2.12. The number of esters is 1. The normalized spacial score (nSPS) is 18.1. The third kappa shape index (κ3) is 3.68. The molecule has 0 aliphatic carbocycles. The topological polar surface area (TPSA) is 97.6 Å². The highest BCUT2D eigenvalue weighted by molar-refractivity contribution is 7.89. The molecule has 1 aliphatic heterocycles. The predicted octanol–water partition coefficient (Wildman–Crippen LogP) is 1.04. The van der Waals surface area contributed by atoms with Crippen LogP contribution in [0.5, 0.6) is 0 Å². The number of carbonyl (C=O) groups excluding carboxylic acids is 1. The highest BCUT2D eigenvalue weighted by Gasteiger charge is 2.30. The molecule has 8 heteroatoms. The zero-order chi connectivity index (χ0) is 16.4. The Morgan fingerprint density at radius 3 is 2.68 bits per heavy atom. The molecule has 124 valence electrons. The van der Waals surface area contributed by atoms with Crippen LogP contribution in [0.25, 0.3) is 0 Å². The molecule has 1 fully saturated rings. The van der Waals surface area contributed by atoms with Gasteiger partial charge in [-0.05, 0) is 38.3 Å². The summed E-state index contributed by atoms with van der Waals surface area (Å²) in [6, 6.07) is 1.20. The van der Waals surface area contributed by atoms with Crippen molar-refractivity contribution < 1.29 is 22.4 Å². The van der Waals surface area contributed by atoms with E-state index in [9.17, 15) is 13.2 Å². The minimum absolute atomic E-state index is 0.0782. The molecule has 0 spiro atoms. The van der Waals surface area contributed by atoms with Crippen molar-refractivity contribution >= 4 is 16.0 Å². The van der Waals surface area contributed by atoms with Gasteiger partial charge < -0.3 is 14.5 Å². The van der Waals surface area contributed by atoms with E-state index < -0.39 is 16.0 Å². The summed E-state index contributed by atoms with van der Waals surface area (Å²) in [6.07, 6.45) is 1.81. The Morgan fingerprint density at radius 1 is 1.45 bits per heavy atom. The maximum atomic E-state index is 12.3. The highest BCUT2D eigenvalue weighted by atomic mass is 32.2. The van der Waals surface area contributed by atoms with Gasteiger partial charge in [0.25, 0.3) is 10.0 Å². The molecule has 1 aromatic rings. The lowest BCUT2D eigenvalue weighted by molar-refractivity contribution is 0.0599. The van der Waals surface area contributed by atoms with Gasteiger partial charge in [0.05, 0.1) is 7.11 Å². The molecular weight excluding hydrogens is 308 g/mol. The zero-order valence-electron chi connectivity index (χ0n) is 13.1. The zero-order valence-corrected chi connectivity index (χ0v) is 13.9. The van der Waals surface area contributed by atoms with Crippen LogP contribution in [0, 0.1) is 12.3 Å². The standard InChI is InChI=1S/C14H22N2O5S/c1-10-11(13(17)20-3)8-12(21-10)22(18,19)16-9-14(2)4-6-15-7-5-14/h8,15-16H,4-7,9H2,1-3H3. The second-order valence-electron chi connectivity index (χ2n) is 5.91. The minimum atomic E-state index is -3.79. The first-order valence-electron chi connectivity index (χ1n) is 7.16. The first-order chi connectivity index (χ1) is 10.3. The van der Waals surface area contributed by atoms with E-state index in [0.717, 1.165) is 25.9 Å². The number of aryl methyl sites for hydroxylation is 1. The van der Waals surface area contributed by atoms with Crippen LogP contribution in [0.4, 0.5) is 0 Å². The molecular formula is C14H22N2O5S. The number of furan rings is 1. The molecule has 2 N–H and O–H groups in total. The van der Waals surface area contributed by atoms with E-state index in [1.54, 1.807) is 0 Å². The van der Waals surface area contributed by atoms with Crippen molar-refractivity contribution in [1.29, 1.82) is 0 Å². The summed E-state index contributed by atoms with van der Waals surface area (Å²) in [5.74, 6) is -0.395. The van der Waals surface area contributed by atoms with Gasteiger partial charge in [0.15, 0.2) is 0 Å². The maximum Gasteiger partial charge on any atom is 0.341 e. The SMILES string of the molecule is COC(=O)c1cc(S(=O)(=O)NCC2(C)CCNCC2)oc1C. The molecule has 0 atom stereocenters. The van der Waals surface area contributed by atoms with Crippen LogP contribution in [0.2, 0.25) is 0 Å². The fourth-order valence-electron chi connectivity index (χ4n) is 2.45. The smallest absolute Gasteiger partial charge is 0.341 e. The van der Waals surface area contributed by atoms with Gasteiger partial charge in [0.2, 0.25) is 5.09 Å². The summed E-state index contributed by atoms with van der Waals surface area (Å²) in [5.41, 5.74) is 0.0430. The van der Waals surface area contributed by atoms with Gasteiger partial charge in [-0.15, -0.1) is 0 Å². The van der Waals surface area contributed by atoms with Gasteiger partial charge in [-0.1, -0.05) is 6.92 Å². The molecule has 0 bridgehead atoms. The van der Waals surface area contributed by atoms with Gasteiger partial charge in [-0.3, -0.25) is 0 Å². The molecule has 22 heavy (non-hydrogen) atoms. The third-order valence-electron chi connectivity index (χ3n) is 4.06. The van der Waals surface area contributed by atoms with Crippen LogP contribution in [0.1, 0.15) is 35.9 Å². The number of ether oxygens (including phenoxy) is 1. The monoisotopic (exact) mass is 330 g/mol. The van der Waals surface area contributed by atoms with Gasteiger partial charge in [0, 0.05) is 12.6 Å². The lowest BCUT2D eigenvalue weighted by Crippen LogP contribution is -2.42. The van der Waals surface area contributed by atoms with Crippen molar-refractivity contribution in [2.45, 2.75) is 31.8 Å². The number of rotatable bonds is 5. The van der Waals surface area contributed by atoms with Gasteiger partial charge in [-0.2, -0.15) is 0 Å². The van der Waals surface area contributed by atoms with Crippen molar-refractivity contribution in [3.8, 4) is 0 Å². The van der Waals surface area contributed by atoms with Gasteiger partial charge in [-0.25, -0.2) is 17.9 Å². The predicted molar refractivity (Wildman–Crippen MR) is 80.2 cm³/mol. The number of nitrogens with one attached hydrogen (secondary N) is 2. The summed E-state index contributed by atoms with van der Waals surface area (Å²) < 4.78 is 37.0. The Hall–Kier alpha value is -1.38. The second-order valence-corrected chi connectivity index (χ2v) is 7.61. The molecule has 0 amide bonds. The van der Waals surface area contributed by atoms with Crippen LogP contribution < -0.4 is 10.0 Å². The number of hydrogen-bond acceptors (Lipinski definition) is 6. The molecule has 1 saturated heterocycles. The minimum Gasteiger partial charge on any atom is -0.465 e. The summed E-state index contributed by atoms with van der Waals surface area (Å²) in [6.45, 7) is 5.68. The van der Waals surface area contributed by atoms with E-state index in [-0.39, 0.29) is 21.8 Å². The first-order valence-corrected chi connectivity index (χ1v) is 8.65. The van der Waals surface area contributed by atoms with Crippen LogP contribution in [0.3, 0.4) is 0 Å². The molecule has 0 radical (unpaired) electrons. The van der Waals surface area contributed by atoms with E-state index in [2.05, 4.69) is 21.7 Å². The molecule has 0 unspecified atom stereocenters. The molecule has 0 saturated carbocycles. The molecule has 0 aromatic carbocycles. The third-order valence-corrected chi connectivity index (χ3v) is 5.32. The van der Waals surface area contributed by atoms with Crippen molar-refractivity contribution in [3.63, 3.8) is 0 Å². The summed E-state index contributed by atoms with van der Waals surface area (Å²) in [4.78, 5) is 11.5. The van der Waals surface area contributed by atoms with E-state index in [0.29, 0.717) is 6.54 Å². The van der Waals surface area contributed by atoms with E-state index in [1.807, 2.05) is 0 Å². The first kappa shape index (κ1) is 17.0. The Bertz CT molecular complexity index is 644. The van der Waals surface area contributed by atoms with E-state index >= 15 is 0 Å². The van der Waals surface area contributed by atoms with Crippen molar-refractivity contribution in [3.05, 3.63) is 17.4 Å². The maximum absolute atomic E-state index is 12.3. The molecule has 1 aliphatic rings. The number of methoxy groups -OCH3 is 1. The largest absolute Gasteiger partial charge is 0.465 e. The number of piperidine rings is 1. The van der Waals surface area contributed by atoms with Crippen molar-refractivity contribution in [2.24, 2.45) is 5.41 Å². The van der Waals surface area contributed by atoms with Crippen LogP contribution >= 0.6 is 0 Å². The van der Waals surface area contributed by atoms with Gasteiger partial charge in [0.1, 0.15) is 11.3 Å². The lowest BCUT2D eigenvalue weighted by Gasteiger charge is -2.33. The number of sulfonamides is 1. The highest BCUT2D eigenvalue weighted by Crippen LogP contribution is 2.28.